The Bertz CT molecular complexity index is 394. The zero-order valence-corrected chi connectivity index (χ0v) is 11.5. The summed E-state index contributed by atoms with van der Waals surface area (Å²) in [6.07, 6.45) is 4.70. The summed E-state index contributed by atoms with van der Waals surface area (Å²) >= 11 is 0. The van der Waals surface area contributed by atoms with Gasteiger partial charge >= 0.3 is 0 Å². The number of hydrogen-bond acceptors (Lipinski definition) is 3. The lowest BCUT2D eigenvalue weighted by atomic mass is 9.89. The number of likely N-dealkylation sites (N-methyl/N-ethyl adjacent to an activating group) is 1. The highest BCUT2D eigenvalue weighted by molar-refractivity contribution is 5.28. The Hall–Kier alpha value is -1.06. The van der Waals surface area contributed by atoms with Crippen molar-refractivity contribution in [1.82, 2.24) is 4.90 Å². The SMILES string of the molecule is COc1cccc(CCC2(CN)CCCN2C)c1. The molecule has 0 radical (unpaired) electrons. The molecule has 1 aliphatic heterocycles. The molecule has 3 nitrogen and oxygen atoms in total. The van der Waals surface area contributed by atoms with Crippen LogP contribution in [0, 0.1) is 0 Å². The Labute approximate surface area is 110 Å². The second-order valence-electron chi connectivity index (χ2n) is 5.31. The zero-order chi connectivity index (χ0) is 13.0. The number of benzene rings is 1. The summed E-state index contributed by atoms with van der Waals surface area (Å²) < 4.78 is 5.26. The van der Waals surface area contributed by atoms with Crippen LogP contribution in [0.3, 0.4) is 0 Å². The van der Waals surface area contributed by atoms with Crippen molar-refractivity contribution in [2.24, 2.45) is 5.73 Å². The molecule has 2 rings (SSSR count). The van der Waals surface area contributed by atoms with Gasteiger partial charge in [0.05, 0.1) is 7.11 Å². The molecular formula is C15H24N2O. The molecule has 0 spiro atoms. The average molecular weight is 248 g/mol. The van der Waals surface area contributed by atoms with Crippen LogP contribution in [0.15, 0.2) is 24.3 Å². The van der Waals surface area contributed by atoms with E-state index >= 15 is 0 Å². The molecule has 2 N–H and O–H groups in total. The van der Waals surface area contributed by atoms with Gasteiger partial charge in [0.1, 0.15) is 5.75 Å². The van der Waals surface area contributed by atoms with E-state index in [9.17, 15) is 0 Å². The zero-order valence-electron chi connectivity index (χ0n) is 11.5. The van der Waals surface area contributed by atoms with Crippen molar-refractivity contribution in [3.63, 3.8) is 0 Å². The summed E-state index contributed by atoms with van der Waals surface area (Å²) in [5.74, 6) is 0.939. The van der Waals surface area contributed by atoms with Gasteiger partial charge in [0, 0.05) is 12.1 Å². The third-order valence-electron chi connectivity index (χ3n) is 4.34. The first kappa shape index (κ1) is 13.4. The monoisotopic (exact) mass is 248 g/mol. The average Bonchev–Trinajstić information content (AvgIpc) is 2.78. The van der Waals surface area contributed by atoms with Crippen molar-refractivity contribution in [1.29, 1.82) is 0 Å². The van der Waals surface area contributed by atoms with E-state index in [-0.39, 0.29) is 5.54 Å². The summed E-state index contributed by atoms with van der Waals surface area (Å²) in [5.41, 5.74) is 7.56. The maximum atomic E-state index is 6.01. The normalized spacial score (nSPS) is 24.4. The number of likely N-dealkylation sites (tertiary alicyclic amines) is 1. The fourth-order valence-electron chi connectivity index (χ4n) is 2.95. The predicted octanol–water partition coefficient (Wildman–Crippen LogP) is 2.05. The molecule has 1 aromatic carbocycles. The first-order valence-electron chi connectivity index (χ1n) is 6.74. The Morgan fingerprint density at radius 1 is 1.44 bits per heavy atom. The lowest BCUT2D eigenvalue weighted by molar-refractivity contribution is 0.169. The first-order valence-corrected chi connectivity index (χ1v) is 6.74. The molecule has 0 saturated carbocycles. The van der Waals surface area contributed by atoms with Crippen LogP contribution in [0.2, 0.25) is 0 Å². The van der Waals surface area contributed by atoms with E-state index in [4.69, 9.17) is 10.5 Å². The number of hydrogen-bond donors (Lipinski definition) is 1. The first-order chi connectivity index (χ1) is 8.70. The highest BCUT2D eigenvalue weighted by atomic mass is 16.5. The maximum absolute atomic E-state index is 6.01. The number of rotatable bonds is 5. The molecular weight excluding hydrogens is 224 g/mol. The van der Waals surface area contributed by atoms with Gasteiger partial charge in [-0.2, -0.15) is 0 Å². The van der Waals surface area contributed by atoms with E-state index in [1.54, 1.807) is 7.11 Å². The molecule has 1 atom stereocenters. The molecule has 1 fully saturated rings. The largest absolute Gasteiger partial charge is 0.497 e. The third-order valence-corrected chi connectivity index (χ3v) is 4.34. The van der Waals surface area contributed by atoms with Crippen molar-refractivity contribution in [2.45, 2.75) is 31.2 Å². The molecule has 3 heteroatoms. The van der Waals surface area contributed by atoms with E-state index in [0.29, 0.717) is 0 Å². The smallest absolute Gasteiger partial charge is 0.119 e. The van der Waals surface area contributed by atoms with Crippen molar-refractivity contribution in [2.75, 3.05) is 27.2 Å². The molecule has 1 unspecified atom stereocenters. The number of aryl methyl sites for hydroxylation is 1. The van der Waals surface area contributed by atoms with E-state index in [2.05, 4.69) is 30.1 Å². The van der Waals surface area contributed by atoms with Gasteiger partial charge in [0.25, 0.3) is 0 Å². The number of ether oxygens (including phenoxy) is 1. The number of nitrogens with two attached hydrogens (primary N) is 1. The van der Waals surface area contributed by atoms with Gasteiger partial charge in [-0.1, -0.05) is 12.1 Å². The Kier molecular flexibility index (Phi) is 4.25. The standard InChI is InChI=1S/C15H24N2O/c1-17-10-4-8-15(17,12-16)9-7-13-5-3-6-14(11-13)18-2/h3,5-6,11H,4,7-10,12,16H2,1-2H3. The van der Waals surface area contributed by atoms with E-state index < -0.39 is 0 Å². The molecule has 100 valence electrons. The number of nitrogens with zero attached hydrogens (tertiary/aromatic N) is 1. The van der Waals surface area contributed by atoms with Crippen LogP contribution < -0.4 is 10.5 Å². The topological polar surface area (TPSA) is 38.5 Å². The Balaban J connectivity index is 2.01. The van der Waals surface area contributed by atoms with E-state index in [0.717, 1.165) is 25.1 Å². The second-order valence-corrected chi connectivity index (χ2v) is 5.31. The molecule has 1 aromatic rings. The third kappa shape index (κ3) is 2.68. The summed E-state index contributed by atoms with van der Waals surface area (Å²) in [6.45, 7) is 1.93. The predicted molar refractivity (Wildman–Crippen MR) is 75.0 cm³/mol. The number of methoxy groups -OCH3 is 1. The van der Waals surface area contributed by atoms with Gasteiger partial charge in [-0.3, -0.25) is 4.90 Å². The quantitative estimate of drug-likeness (QED) is 0.866. The second kappa shape index (κ2) is 5.72. The minimum atomic E-state index is 0.211. The van der Waals surface area contributed by atoms with Crippen molar-refractivity contribution >= 4 is 0 Å². The highest BCUT2D eigenvalue weighted by Gasteiger charge is 2.36. The summed E-state index contributed by atoms with van der Waals surface area (Å²) in [7, 11) is 3.91. The molecule has 0 amide bonds. The van der Waals surface area contributed by atoms with Gasteiger partial charge in [-0.05, 0) is 57.0 Å². The van der Waals surface area contributed by atoms with Crippen LogP contribution in [0.25, 0.3) is 0 Å². The van der Waals surface area contributed by atoms with Crippen molar-refractivity contribution in [3.8, 4) is 5.75 Å². The summed E-state index contributed by atoms with van der Waals surface area (Å²) in [5, 5.41) is 0. The fraction of sp³-hybridized carbons (Fsp3) is 0.600. The van der Waals surface area contributed by atoms with Gasteiger partial charge < -0.3 is 10.5 Å². The van der Waals surface area contributed by atoms with E-state index in [1.807, 2.05) is 6.07 Å². The summed E-state index contributed by atoms with van der Waals surface area (Å²) in [4.78, 5) is 2.44. The summed E-state index contributed by atoms with van der Waals surface area (Å²) in [6, 6.07) is 8.34. The van der Waals surface area contributed by atoms with Crippen LogP contribution in [0.1, 0.15) is 24.8 Å². The molecule has 0 aliphatic carbocycles. The van der Waals surface area contributed by atoms with Gasteiger partial charge in [0.15, 0.2) is 0 Å². The van der Waals surface area contributed by atoms with E-state index in [1.165, 1.54) is 24.9 Å². The van der Waals surface area contributed by atoms with Crippen LogP contribution in [0.5, 0.6) is 5.75 Å². The molecule has 1 saturated heterocycles. The Morgan fingerprint density at radius 2 is 2.28 bits per heavy atom. The fourth-order valence-corrected chi connectivity index (χ4v) is 2.95. The lowest BCUT2D eigenvalue weighted by Gasteiger charge is -2.35. The lowest BCUT2D eigenvalue weighted by Crippen LogP contribution is -2.47. The molecule has 0 aromatic heterocycles. The van der Waals surface area contributed by atoms with Crippen molar-refractivity contribution in [3.05, 3.63) is 29.8 Å². The Morgan fingerprint density at radius 3 is 2.89 bits per heavy atom. The van der Waals surface area contributed by atoms with Gasteiger partial charge in [0.2, 0.25) is 0 Å². The molecule has 1 aliphatic rings. The molecule has 18 heavy (non-hydrogen) atoms. The van der Waals surface area contributed by atoms with Gasteiger partial charge in [-0.25, -0.2) is 0 Å². The van der Waals surface area contributed by atoms with Gasteiger partial charge in [-0.15, -0.1) is 0 Å². The minimum absolute atomic E-state index is 0.211. The highest BCUT2D eigenvalue weighted by Crippen LogP contribution is 2.31. The van der Waals surface area contributed by atoms with Crippen LogP contribution >= 0.6 is 0 Å². The van der Waals surface area contributed by atoms with Crippen LogP contribution in [0.4, 0.5) is 0 Å². The van der Waals surface area contributed by atoms with Crippen LogP contribution in [-0.2, 0) is 6.42 Å². The molecule has 1 heterocycles. The minimum Gasteiger partial charge on any atom is -0.497 e. The van der Waals surface area contributed by atoms with Crippen LogP contribution in [-0.4, -0.2) is 37.7 Å². The molecule has 0 bridgehead atoms. The maximum Gasteiger partial charge on any atom is 0.119 e. The van der Waals surface area contributed by atoms with Crippen molar-refractivity contribution < 1.29 is 4.74 Å².